The van der Waals surface area contributed by atoms with E-state index in [0.717, 1.165) is 12.1 Å². The highest BCUT2D eigenvalue weighted by Crippen LogP contribution is 2.23. The van der Waals surface area contributed by atoms with Crippen LogP contribution in [0.2, 0.25) is 5.15 Å². The fraction of sp³-hybridized carbons (Fsp3) is 0.375. The van der Waals surface area contributed by atoms with Gasteiger partial charge in [-0.15, -0.1) is 0 Å². The number of nitrogens with zero attached hydrogens (tertiary/aromatic N) is 4. The molecule has 1 aromatic heterocycles. The van der Waals surface area contributed by atoms with Crippen molar-refractivity contribution in [2.24, 2.45) is 10.8 Å². The van der Waals surface area contributed by atoms with E-state index in [1.807, 2.05) is 0 Å². The monoisotopic (exact) mass is 226 g/mol. The number of hydrogen-bond acceptors (Lipinski definition) is 4. The van der Waals surface area contributed by atoms with E-state index < -0.39 is 0 Å². The van der Waals surface area contributed by atoms with Crippen LogP contribution in [-0.2, 0) is 6.54 Å². The van der Waals surface area contributed by atoms with Crippen LogP contribution in [-0.4, -0.2) is 18.1 Å². The van der Waals surface area contributed by atoms with Crippen LogP contribution in [0.3, 0.4) is 0 Å². The number of hydrogen-bond donors (Lipinski definition) is 2. The Bertz CT molecular complexity index is 373. The Hall–Kier alpha value is -1.33. The summed E-state index contributed by atoms with van der Waals surface area (Å²) in [7, 11) is 0. The van der Waals surface area contributed by atoms with Crippen molar-refractivity contribution in [1.82, 2.24) is 10.3 Å². The van der Waals surface area contributed by atoms with Gasteiger partial charge in [-0.05, 0) is 17.2 Å². The number of nitrogens with one attached hydrogen (secondary N) is 1. The molecule has 0 aliphatic carbocycles. The van der Waals surface area contributed by atoms with Gasteiger partial charge in [0.15, 0.2) is 0 Å². The van der Waals surface area contributed by atoms with Gasteiger partial charge in [-0.2, -0.15) is 0 Å². The quantitative estimate of drug-likeness (QED) is 0.263. The maximum atomic E-state index is 8.29. The second-order valence-corrected chi connectivity index (χ2v) is 3.17. The zero-order valence-corrected chi connectivity index (χ0v) is 8.78. The number of nitrogens with two attached hydrogens (primary N) is 1. The Morgan fingerprint density at radius 2 is 2.47 bits per heavy atom. The smallest absolute Gasteiger partial charge is 0.138 e. The first-order valence-electron chi connectivity index (χ1n) is 4.38. The average Bonchev–Trinajstić information content (AvgIpc) is 2.23. The zero-order chi connectivity index (χ0) is 11.1. The molecule has 0 atom stereocenters. The normalized spacial score (nSPS) is 9.73. The predicted octanol–water partition coefficient (Wildman–Crippen LogP) is 1.73. The molecule has 7 heteroatoms. The average molecular weight is 227 g/mol. The molecule has 1 heterocycles. The lowest BCUT2D eigenvalue weighted by molar-refractivity contribution is 0.693. The topological polar surface area (TPSA) is 99.7 Å². The van der Waals surface area contributed by atoms with Gasteiger partial charge in [0.2, 0.25) is 0 Å². The predicted molar refractivity (Wildman–Crippen MR) is 58.8 cm³/mol. The molecule has 0 bridgehead atoms. The van der Waals surface area contributed by atoms with Gasteiger partial charge in [-0.1, -0.05) is 16.7 Å². The van der Waals surface area contributed by atoms with Crippen molar-refractivity contribution < 1.29 is 0 Å². The van der Waals surface area contributed by atoms with Gasteiger partial charge in [0.05, 0.1) is 5.69 Å². The highest BCUT2D eigenvalue weighted by Gasteiger charge is 2.01. The van der Waals surface area contributed by atoms with E-state index in [2.05, 4.69) is 20.3 Å². The van der Waals surface area contributed by atoms with Crippen LogP contribution in [0.1, 0.15) is 5.56 Å². The van der Waals surface area contributed by atoms with Gasteiger partial charge in [0, 0.05) is 30.7 Å². The van der Waals surface area contributed by atoms with Gasteiger partial charge in [0.25, 0.3) is 0 Å². The summed E-state index contributed by atoms with van der Waals surface area (Å²) in [5.74, 6) is 0. The third-order valence-electron chi connectivity index (χ3n) is 1.68. The van der Waals surface area contributed by atoms with Gasteiger partial charge < -0.3 is 11.1 Å². The molecule has 0 unspecified atom stereocenters. The molecule has 15 heavy (non-hydrogen) atoms. The molecular weight excluding hydrogens is 216 g/mol. The molecular formula is C8H11ClN6. The maximum Gasteiger partial charge on any atom is 0.138 e. The second-order valence-electron chi connectivity index (χ2n) is 2.81. The van der Waals surface area contributed by atoms with Crippen LogP contribution in [0.25, 0.3) is 10.4 Å². The Kier molecular flexibility index (Phi) is 4.86. The maximum absolute atomic E-state index is 8.29. The molecule has 0 saturated carbocycles. The van der Waals surface area contributed by atoms with E-state index in [-0.39, 0.29) is 5.15 Å². The lowest BCUT2D eigenvalue weighted by atomic mass is 10.2. The number of rotatable bonds is 5. The molecule has 0 aromatic carbocycles. The highest BCUT2D eigenvalue weighted by molar-refractivity contribution is 6.31. The SMILES string of the molecule is [N-]=[N+]=Nc1cc(CNCCN)cnc1Cl. The third kappa shape index (κ3) is 3.73. The summed E-state index contributed by atoms with van der Waals surface area (Å²) in [6, 6.07) is 1.69. The van der Waals surface area contributed by atoms with Crippen molar-refractivity contribution in [1.29, 1.82) is 0 Å². The van der Waals surface area contributed by atoms with Crippen molar-refractivity contribution in [3.63, 3.8) is 0 Å². The van der Waals surface area contributed by atoms with Crippen molar-refractivity contribution in [2.45, 2.75) is 6.54 Å². The third-order valence-corrected chi connectivity index (χ3v) is 1.97. The number of azide groups is 1. The lowest BCUT2D eigenvalue weighted by Crippen LogP contribution is -2.21. The molecule has 80 valence electrons. The van der Waals surface area contributed by atoms with Crippen molar-refractivity contribution in [3.8, 4) is 0 Å². The summed E-state index contributed by atoms with van der Waals surface area (Å²) in [5.41, 5.74) is 14.9. The first kappa shape index (κ1) is 11.7. The number of pyridine rings is 1. The van der Waals surface area contributed by atoms with Crippen LogP contribution in [0, 0.1) is 0 Å². The Balaban J connectivity index is 2.73. The van der Waals surface area contributed by atoms with E-state index in [1.165, 1.54) is 0 Å². The second kappa shape index (κ2) is 6.21. The van der Waals surface area contributed by atoms with E-state index in [4.69, 9.17) is 22.9 Å². The molecule has 0 aliphatic heterocycles. The van der Waals surface area contributed by atoms with Crippen LogP contribution in [0.4, 0.5) is 5.69 Å². The summed E-state index contributed by atoms with van der Waals surface area (Å²) in [6.45, 7) is 1.92. The van der Waals surface area contributed by atoms with Gasteiger partial charge in [-0.3, -0.25) is 0 Å². The van der Waals surface area contributed by atoms with Gasteiger partial charge in [0.1, 0.15) is 5.15 Å². The Morgan fingerprint density at radius 3 is 3.13 bits per heavy atom. The molecule has 0 radical (unpaired) electrons. The molecule has 0 aliphatic rings. The van der Waals surface area contributed by atoms with E-state index in [9.17, 15) is 0 Å². The van der Waals surface area contributed by atoms with Gasteiger partial charge in [-0.25, -0.2) is 4.98 Å². The number of aromatic nitrogens is 1. The largest absolute Gasteiger partial charge is 0.329 e. The fourth-order valence-corrected chi connectivity index (χ4v) is 1.17. The minimum absolute atomic E-state index is 0.204. The van der Waals surface area contributed by atoms with Gasteiger partial charge >= 0.3 is 0 Å². The van der Waals surface area contributed by atoms with Crippen LogP contribution < -0.4 is 11.1 Å². The highest BCUT2D eigenvalue weighted by atomic mass is 35.5. The van der Waals surface area contributed by atoms with Crippen molar-refractivity contribution >= 4 is 17.3 Å². The molecule has 0 fully saturated rings. The molecule has 0 saturated heterocycles. The van der Waals surface area contributed by atoms with E-state index in [0.29, 0.717) is 18.8 Å². The first-order chi connectivity index (χ1) is 7.27. The minimum atomic E-state index is 0.204. The fourth-order valence-electron chi connectivity index (χ4n) is 1.03. The van der Waals surface area contributed by atoms with E-state index in [1.54, 1.807) is 12.3 Å². The first-order valence-corrected chi connectivity index (χ1v) is 4.76. The Labute approximate surface area is 92.1 Å². The molecule has 6 nitrogen and oxygen atoms in total. The molecule has 3 N–H and O–H groups in total. The van der Waals surface area contributed by atoms with Crippen LogP contribution >= 0.6 is 11.6 Å². The molecule has 1 aromatic rings. The summed E-state index contributed by atoms with van der Waals surface area (Å²) < 4.78 is 0. The van der Waals surface area contributed by atoms with Crippen molar-refractivity contribution in [2.75, 3.05) is 13.1 Å². The van der Waals surface area contributed by atoms with Crippen LogP contribution in [0.15, 0.2) is 17.4 Å². The molecule has 0 amide bonds. The van der Waals surface area contributed by atoms with Crippen LogP contribution in [0.5, 0.6) is 0 Å². The van der Waals surface area contributed by atoms with Crippen molar-refractivity contribution in [3.05, 3.63) is 33.4 Å². The minimum Gasteiger partial charge on any atom is -0.329 e. The summed E-state index contributed by atoms with van der Waals surface area (Å²) in [4.78, 5) is 6.57. The molecule has 0 spiro atoms. The standard InChI is InChI=1S/C8H11ClN6/c9-8-7(14-15-11)3-6(5-13-8)4-12-2-1-10/h3,5,12H,1-2,4,10H2. The lowest BCUT2D eigenvalue weighted by Gasteiger charge is -2.04. The summed E-state index contributed by atoms with van der Waals surface area (Å²) >= 11 is 5.72. The number of halogens is 1. The zero-order valence-electron chi connectivity index (χ0n) is 8.02. The summed E-state index contributed by atoms with van der Waals surface area (Å²) in [5, 5.41) is 6.73. The molecule has 1 rings (SSSR count). The van der Waals surface area contributed by atoms with E-state index >= 15 is 0 Å². The Morgan fingerprint density at radius 1 is 1.67 bits per heavy atom. The summed E-state index contributed by atoms with van der Waals surface area (Å²) in [6.07, 6.45) is 1.63.